The topological polar surface area (TPSA) is 104 Å². The van der Waals surface area contributed by atoms with Crippen molar-refractivity contribution in [2.45, 2.75) is 38.8 Å². The highest BCUT2D eigenvalue weighted by molar-refractivity contribution is 6.05. The summed E-state index contributed by atoms with van der Waals surface area (Å²) >= 11 is 0. The van der Waals surface area contributed by atoms with Gasteiger partial charge in [0.25, 0.3) is 0 Å². The lowest BCUT2D eigenvalue weighted by molar-refractivity contribution is -0.136. The lowest BCUT2D eigenvalue weighted by Gasteiger charge is -2.23. The smallest absolute Gasteiger partial charge is 0.408 e. The molecule has 1 atom stereocenters. The molecule has 0 spiro atoms. The minimum Gasteiger partial charge on any atom is -0.497 e. The number of benzene rings is 3. The molecule has 1 aromatic heterocycles. The van der Waals surface area contributed by atoms with Crippen LogP contribution in [0.5, 0.6) is 11.5 Å². The summed E-state index contributed by atoms with van der Waals surface area (Å²) in [4.78, 5) is 38.1. The van der Waals surface area contributed by atoms with Crippen LogP contribution in [0.4, 0.5) is 4.79 Å². The van der Waals surface area contributed by atoms with Gasteiger partial charge in [0.2, 0.25) is 0 Å². The van der Waals surface area contributed by atoms with E-state index in [1.165, 1.54) is 13.2 Å². The minimum absolute atomic E-state index is 0.174. The number of fused-ring (bicyclic) bond motifs is 3. The third kappa shape index (κ3) is 5.83. The second kappa shape index (κ2) is 10.1. The predicted molar refractivity (Wildman–Crippen MR) is 135 cm³/mol. The Balaban J connectivity index is 1.61. The number of nitrogens with one attached hydrogen (secondary N) is 1. The van der Waals surface area contributed by atoms with Gasteiger partial charge in [0.05, 0.1) is 12.5 Å². The first-order valence-electron chi connectivity index (χ1n) is 11.4. The first-order chi connectivity index (χ1) is 17.1. The zero-order chi connectivity index (χ0) is 25.9. The number of esters is 1. The van der Waals surface area contributed by atoms with E-state index in [1.807, 2.05) is 30.3 Å². The van der Waals surface area contributed by atoms with Gasteiger partial charge in [0.15, 0.2) is 0 Å². The van der Waals surface area contributed by atoms with Gasteiger partial charge in [0.1, 0.15) is 28.7 Å². The van der Waals surface area contributed by atoms with Gasteiger partial charge in [-0.25, -0.2) is 14.4 Å². The Kier molecular flexibility index (Phi) is 6.96. The van der Waals surface area contributed by atoms with Crippen LogP contribution in [0.1, 0.15) is 26.3 Å². The number of hydrogen-bond donors (Lipinski definition) is 1. The Morgan fingerprint density at radius 1 is 0.917 bits per heavy atom. The molecule has 4 aromatic rings. The summed E-state index contributed by atoms with van der Waals surface area (Å²) in [6.45, 7) is 5.21. The highest BCUT2D eigenvalue weighted by Gasteiger charge is 2.26. The van der Waals surface area contributed by atoms with Gasteiger partial charge in [-0.05, 0) is 56.7 Å². The predicted octanol–water partition coefficient (Wildman–Crippen LogP) is 5.00. The molecule has 0 aliphatic carbocycles. The summed E-state index contributed by atoms with van der Waals surface area (Å²) in [5.74, 6) is 0.0335. The molecular weight excluding hydrogens is 462 g/mol. The lowest BCUT2D eigenvalue weighted by atomic mass is 10.1. The summed E-state index contributed by atoms with van der Waals surface area (Å²) in [6, 6.07) is 18.2. The van der Waals surface area contributed by atoms with Crippen LogP contribution in [-0.4, -0.2) is 30.8 Å². The number of carbonyl (C=O) groups excluding carboxylic acids is 2. The third-order valence-electron chi connectivity index (χ3n) is 5.37. The lowest BCUT2D eigenvalue weighted by Crippen LogP contribution is -2.46. The molecule has 1 amide bonds. The van der Waals surface area contributed by atoms with Gasteiger partial charge < -0.3 is 23.9 Å². The van der Waals surface area contributed by atoms with Crippen molar-refractivity contribution in [3.05, 3.63) is 82.7 Å². The Hall–Kier alpha value is -4.33. The van der Waals surface area contributed by atoms with Crippen molar-refractivity contribution in [3.63, 3.8) is 0 Å². The zero-order valence-electron chi connectivity index (χ0n) is 20.5. The molecule has 3 aromatic carbocycles. The number of carbonyl (C=O) groups is 2. The molecule has 0 aliphatic heterocycles. The van der Waals surface area contributed by atoms with E-state index in [1.54, 1.807) is 51.1 Å². The van der Waals surface area contributed by atoms with Crippen molar-refractivity contribution in [1.29, 1.82) is 0 Å². The number of alkyl carbamates (subject to hydrolysis) is 1. The SMILES string of the molecule is COc1ccc2c(c1)c(=O)oc1cc(OC(=O)[C@H](Cc3ccccc3)NC(=O)OC(C)(C)C)ccc12. The molecule has 0 unspecified atom stereocenters. The van der Waals surface area contributed by atoms with Crippen LogP contribution in [0, 0.1) is 0 Å². The highest BCUT2D eigenvalue weighted by atomic mass is 16.6. The molecule has 0 radical (unpaired) electrons. The molecule has 8 nitrogen and oxygen atoms in total. The van der Waals surface area contributed by atoms with E-state index >= 15 is 0 Å². The van der Waals surface area contributed by atoms with Gasteiger partial charge in [-0.2, -0.15) is 0 Å². The molecule has 0 saturated carbocycles. The van der Waals surface area contributed by atoms with Crippen molar-refractivity contribution in [2.75, 3.05) is 7.11 Å². The Morgan fingerprint density at radius 2 is 1.61 bits per heavy atom. The average molecular weight is 490 g/mol. The largest absolute Gasteiger partial charge is 0.497 e. The molecule has 8 heteroatoms. The first kappa shape index (κ1) is 24.8. The molecule has 1 heterocycles. The fraction of sp³-hybridized carbons (Fsp3) is 0.250. The Morgan fingerprint density at radius 3 is 2.31 bits per heavy atom. The molecular formula is C28H27NO7. The molecule has 0 aliphatic rings. The number of methoxy groups -OCH3 is 1. The summed E-state index contributed by atoms with van der Waals surface area (Å²) in [7, 11) is 1.52. The second-order valence-electron chi connectivity index (χ2n) is 9.27. The first-order valence-corrected chi connectivity index (χ1v) is 11.4. The van der Waals surface area contributed by atoms with E-state index in [0.717, 1.165) is 5.56 Å². The Bertz CT molecular complexity index is 1470. The van der Waals surface area contributed by atoms with E-state index in [2.05, 4.69) is 5.32 Å². The number of ether oxygens (including phenoxy) is 3. The third-order valence-corrected chi connectivity index (χ3v) is 5.37. The molecule has 186 valence electrons. The summed E-state index contributed by atoms with van der Waals surface area (Å²) in [6.07, 6.45) is -0.527. The van der Waals surface area contributed by atoms with Crippen LogP contribution in [0.3, 0.4) is 0 Å². The van der Waals surface area contributed by atoms with E-state index in [0.29, 0.717) is 21.9 Å². The quantitative estimate of drug-likeness (QED) is 0.176. The van der Waals surface area contributed by atoms with Crippen LogP contribution in [0.25, 0.3) is 21.7 Å². The molecule has 0 fully saturated rings. The monoisotopic (exact) mass is 489 g/mol. The standard InChI is InChI=1S/C28H27NO7/c1-28(2,3)36-27(32)29-23(14-17-8-6-5-7-9-17)26(31)34-19-11-13-21-20-12-10-18(33-4)15-22(20)25(30)35-24(21)16-19/h5-13,15-16,23H,14H2,1-4H3,(H,29,32)/t23-/m0/s1. The maximum atomic E-state index is 13.1. The molecule has 1 N–H and O–H groups in total. The maximum absolute atomic E-state index is 13.1. The normalized spacial score (nSPS) is 12.2. The van der Waals surface area contributed by atoms with Crippen molar-refractivity contribution in [1.82, 2.24) is 5.32 Å². The fourth-order valence-corrected chi connectivity index (χ4v) is 3.76. The van der Waals surface area contributed by atoms with Crippen LogP contribution < -0.4 is 20.4 Å². The van der Waals surface area contributed by atoms with Crippen molar-refractivity contribution >= 4 is 33.8 Å². The average Bonchev–Trinajstić information content (AvgIpc) is 2.83. The van der Waals surface area contributed by atoms with Gasteiger partial charge >= 0.3 is 17.7 Å². The number of rotatable bonds is 6. The minimum atomic E-state index is -1.01. The van der Waals surface area contributed by atoms with Crippen LogP contribution in [-0.2, 0) is 16.0 Å². The summed E-state index contributed by atoms with van der Waals surface area (Å²) < 4.78 is 21.6. The van der Waals surface area contributed by atoms with Crippen molar-refractivity contribution in [3.8, 4) is 11.5 Å². The Labute approximate surface area is 207 Å². The van der Waals surface area contributed by atoms with Crippen molar-refractivity contribution in [2.24, 2.45) is 0 Å². The molecule has 4 rings (SSSR count). The summed E-state index contributed by atoms with van der Waals surface area (Å²) in [5.41, 5.74) is -0.161. The summed E-state index contributed by atoms with van der Waals surface area (Å²) in [5, 5.41) is 4.36. The number of amides is 1. The van der Waals surface area contributed by atoms with Crippen LogP contribution in [0.15, 0.2) is 75.9 Å². The zero-order valence-corrected chi connectivity index (χ0v) is 20.5. The van der Waals surface area contributed by atoms with Gasteiger partial charge in [-0.15, -0.1) is 0 Å². The van der Waals surface area contributed by atoms with Gasteiger partial charge in [0, 0.05) is 23.3 Å². The van der Waals surface area contributed by atoms with Gasteiger partial charge in [-0.1, -0.05) is 30.3 Å². The van der Waals surface area contributed by atoms with E-state index < -0.39 is 29.3 Å². The second-order valence-corrected chi connectivity index (χ2v) is 9.27. The number of hydrogen-bond acceptors (Lipinski definition) is 7. The molecule has 0 bridgehead atoms. The fourth-order valence-electron chi connectivity index (χ4n) is 3.76. The van der Waals surface area contributed by atoms with Crippen LogP contribution in [0.2, 0.25) is 0 Å². The van der Waals surface area contributed by atoms with Gasteiger partial charge in [-0.3, -0.25) is 0 Å². The van der Waals surface area contributed by atoms with E-state index in [-0.39, 0.29) is 17.8 Å². The highest BCUT2D eigenvalue weighted by Crippen LogP contribution is 2.28. The maximum Gasteiger partial charge on any atom is 0.408 e. The molecule has 36 heavy (non-hydrogen) atoms. The van der Waals surface area contributed by atoms with E-state index in [9.17, 15) is 14.4 Å². The molecule has 0 saturated heterocycles. The van der Waals surface area contributed by atoms with Crippen LogP contribution >= 0.6 is 0 Å². The van der Waals surface area contributed by atoms with E-state index in [4.69, 9.17) is 18.6 Å². The van der Waals surface area contributed by atoms with Crippen molar-refractivity contribution < 1.29 is 28.2 Å².